The molecule has 0 aliphatic rings. The van der Waals surface area contributed by atoms with Crippen LogP contribution in [0.15, 0.2) is 18.2 Å². The Morgan fingerprint density at radius 1 is 1.53 bits per heavy atom. The van der Waals surface area contributed by atoms with Crippen molar-refractivity contribution in [3.63, 3.8) is 0 Å². The first kappa shape index (κ1) is 15.8. The van der Waals surface area contributed by atoms with E-state index in [1.807, 2.05) is 19.0 Å². The van der Waals surface area contributed by atoms with Crippen LogP contribution in [0.4, 0.5) is 5.69 Å². The SMILES string of the molecule is CN(C)CC(C)(O)CNC(=O)c1cccc(N)c1Cl. The van der Waals surface area contributed by atoms with E-state index in [9.17, 15) is 9.90 Å². The lowest BCUT2D eigenvalue weighted by molar-refractivity contribution is 0.0326. The molecule has 1 aromatic rings. The zero-order valence-corrected chi connectivity index (χ0v) is 12.2. The van der Waals surface area contributed by atoms with Gasteiger partial charge in [-0.15, -0.1) is 0 Å². The van der Waals surface area contributed by atoms with Gasteiger partial charge in [-0.1, -0.05) is 17.7 Å². The number of halogens is 1. The number of carbonyl (C=O) groups is 1. The molecule has 106 valence electrons. The maximum atomic E-state index is 12.0. The minimum atomic E-state index is -1.01. The van der Waals surface area contributed by atoms with Gasteiger partial charge in [0.05, 0.1) is 21.9 Å². The number of amides is 1. The highest BCUT2D eigenvalue weighted by molar-refractivity contribution is 6.36. The zero-order valence-electron chi connectivity index (χ0n) is 11.4. The van der Waals surface area contributed by atoms with Gasteiger partial charge in [0, 0.05) is 13.1 Å². The molecule has 0 spiro atoms. The van der Waals surface area contributed by atoms with Crippen LogP contribution in [-0.4, -0.2) is 48.7 Å². The summed E-state index contributed by atoms with van der Waals surface area (Å²) >= 11 is 5.97. The summed E-state index contributed by atoms with van der Waals surface area (Å²) in [4.78, 5) is 13.8. The smallest absolute Gasteiger partial charge is 0.252 e. The topological polar surface area (TPSA) is 78.6 Å². The minimum absolute atomic E-state index is 0.134. The summed E-state index contributed by atoms with van der Waals surface area (Å²) < 4.78 is 0. The van der Waals surface area contributed by atoms with Gasteiger partial charge in [-0.05, 0) is 33.2 Å². The second-order valence-electron chi connectivity index (χ2n) is 5.13. The van der Waals surface area contributed by atoms with E-state index in [0.29, 0.717) is 17.8 Å². The van der Waals surface area contributed by atoms with Crippen LogP contribution in [0.25, 0.3) is 0 Å². The van der Waals surface area contributed by atoms with Gasteiger partial charge in [-0.2, -0.15) is 0 Å². The molecule has 0 aromatic heterocycles. The number of carbonyl (C=O) groups excluding carboxylic acids is 1. The first-order chi connectivity index (χ1) is 8.73. The monoisotopic (exact) mass is 285 g/mol. The summed E-state index contributed by atoms with van der Waals surface area (Å²) in [7, 11) is 3.70. The molecule has 5 nitrogen and oxygen atoms in total. The Morgan fingerprint density at radius 3 is 2.74 bits per heavy atom. The van der Waals surface area contributed by atoms with Crippen LogP contribution in [0.2, 0.25) is 5.02 Å². The van der Waals surface area contributed by atoms with Gasteiger partial charge in [-0.25, -0.2) is 0 Å². The largest absolute Gasteiger partial charge is 0.398 e. The van der Waals surface area contributed by atoms with Crippen molar-refractivity contribution in [3.8, 4) is 0 Å². The van der Waals surface area contributed by atoms with E-state index >= 15 is 0 Å². The summed E-state index contributed by atoms with van der Waals surface area (Å²) in [6.07, 6.45) is 0. The van der Waals surface area contributed by atoms with Crippen LogP contribution in [0.5, 0.6) is 0 Å². The van der Waals surface area contributed by atoms with Crippen molar-refractivity contribution in [3.05, 3.63) is 28.8 Å². The highest BCUT2D eigenvalue weighted by atomic mass is 35.5. The zero-order chi connectivity index (χ0) is 14.6. The van der Waals surface area contributed by atoms with Crippen molar-refractivity contribution >= 4 is 23.2 Å². The van der Waals surface area contributed by atoms with Gasteiger partial charge in [-0.3, -0.25) is 4.79 Å². The average molecular weight is 286 g/mol. The molecule has 1 unspecified atom stereocenters. The Morgan fingerprint density at radius 2 is 2.16 bits per heavy atom. The highest BCUT2D eigenvalue weighted by Gasteiger charge is 2.23. The summed E-state index contributed by atoms with van der Waals surface area (Å²) in [5, 5.41) is 13.0. The number of benzene rings is 1. The molecule has 1 amide bonds. The number of hydrogen-bond acceptors (Lipinski definition) is 4. The lowest BCUT2D eigenvalue weighted by atomic mass is 10.1. The second kappa shape index (κ2) is 6.23. The molecule has 1 atom stereocenters. The van der Waals surface area contributed by atoms with Crippen molar-refractivity contribution in [2.45, 2.75) is 12.5 Å². The van der Waals surface area contributed by atoms with Crippen molar-refractivity contribution in [2.24, 2.45) is 0 Å². The molecule has 0 bridgehead atoms. The maximum Gasteiger partial charge on any atom is 0.252 e. The van der Waals surface area contributed by atoms with Gasteiger partial charge < -0.3 is 21.1 Å². The van der Waals surface area contributed by atoms with Gasteiger partial charge in [0.15, 0.2) is 0 Å². The standard InChI is InChI=1S/C13H20ClN3O2/c1-13(19,8-17(2)3)7-16-12(18)9-5-4-6-10(15)11(9)14/h4-6,19H,7-8,15H2,1-3H3,(H,16,18). The Kier molecular flexibility index (Phi) is 5.17. The van der Waals surface area contributed by atoms with E-state index in [0.717, 1.165) is 0 Å². The molecule has 1 rings (SSSR count). The number of rotatable bonds is 5. The molecule has 0 saturated heterocycles. The molecular formula is C13H20ClN3O2. The lowest BCUT2D eigenvalue weighted by Gasteiger charge is -2.27. The van der Waals surface area contributed by atoms with Gasteiger partial charge in [0.25, 0.3) is 5.91 Å². The van der Waals surface area contributed by atoms with Gasteiger partial charge >= 0.3 is 0 Å². The number of likely N-dealkylation sites (N-methyl/N-ethyl adjacent to an activating group) is 1. The number of nitrogens with one attached hydrogen (secondary N) is 1. The van der Waals surface area contributed by atoms with Crippen molar-refractivity contribution in [2.75, 3.05) is 32.9 Å². The first-order valence-corrected chi connectivity index (χ1v) is 6.30. The molecule has 0 radical (unpaired) electrons. The second-order valence-corrected chi connectivity index (χ2v) is 5.50. The van der Waals surface area contributed by atoms with Crippen LogP contribution in [0.1, 0.15) is 17.3 Å². The predicted octanol–water partition coefficient (Wildman–Crippen LogP) is 0.965. The minimum Gasteiger partial charge on any atom is -0.398 e. The molecular weight excluding hydrogens is 266 g/mol. The number of nitrogens with zero attached hydrogens (tertiary/aromatic N) is 1. The number of hydrogen-bond donors (Lipinski definition) is 3. The number of aliphatic hydroxyl groups is 1. The number of nitrogens with two attached hydrogens (primary N) is 1. The summed E-state index contributed by atoms with van der Waals surface area (Å²) in [5.41, 5.74) is 5.29. The van der Waals surface area contributed by atoms with Crippen LogP contribution in [0.3, 0.4) is 0 Å². The molecule has 19 heavy (non-hydrogen) atoms. The Balaban J connectivity index is 2.68. The van der Waals surface area contributed by atoms with E-state index in [-0.39, 0.29) is 17.5 Å². The Bertz CT molecular complexity index is 461. The third kappa shape index (κ3) is 4.70. The van der Waals surface area contributed by atoms with E-state index in [1.54, 1.807) is 25.1 Å². The fourth-order valence-corrected chi connectivity index (χ4v) is 2.04. The van der Waals surface area contributed by atoms with Gasteiger partial charge in [0.1, 0.15) is 0 Å². The van der Waals surface area contributed by atoms with Crippen LogP contribution in [0, 0.1) is 0 Å². The Hall–Kier alpha value is -1.30. The summed E-state index contributed by atoms with van der Waals surface area (Å²) in [6.45, 7) is 2.24. The number of anilines is 1. The molecule has 4 N–H and O–H groups in total. The van der Waals surface area contributed by atoms with Crippen molar-refractivity contribution in [1.29, 1.82) is 0 Å². The van der Waals surface area contributed by atoms with Crippen molar-refractivity contribution in [1.82, 2.24) is 10.2 Å². The van der Waals surface area contributed by atoms with E-state index in [2.05, 4.69) is 5.32 Å². The van der Waals surface area contributed by atoms with E-state index in [1.165, 1.54) is 0 Å². The van der Waals surface area contributed by atoms with E-state index < -0.39 is 5.60 Å². The molecule has 0 heterocycles. The van der Waals surface area contributed by atoms with Crippen LogP contribution >= 0.6 is 11.6 Å². The number of nitrogen functional groups attached to an aromatic ring is 1. The lowest BCUT2D eigenvalue weighted by Crippen LogP contribution is -2.47. The van der Waals surface area contributed by atoms with Crippen molar-refractivity contribution < 1.29 is 9.90 Å². The van der Waals surface area contributed by atoms with Gasteiger partial charge in [0.2, 0.25) is 0 Å². The Labute approximate surface area is 118 Å². The molecule has 0 aliphatic heterocycles. The fourth-order valence-electron chi connectivity index (χ4n) is 1.83. The molecule has 1 aromatic carbocycles. The predicted molar refractivity (Wildman–Crippen MR) is 77.4 cm³/mol. The van der Waals surface area contributed by atoms with E-state index in [4.69, 9.17) is 17.3 Å². The average Bonchev–Trinajstić information content (AvgIpc) is 2.28. The van der Waals surface area contributed by atoms with Crippen LogP contribution in [-0.2, 0) is 0 Å². The molecule has 0 fully saturated rings. The third-order valence-electron chi connectivity index (χ3n) is 2.56. The quantitative estimate of drug-likeness (QED) is 0.704. The molecule has 0 aliphatic carbocycles. The normalized spacial score (nSPS) is 14.2. The third-order valence-corrected chi connectivity index (χ3v) is 2.98. The van der Waals surface area contributed by atoms with Crippen LogP contribution < -0.4 is 11.1 Å². The first-order valence-electron chi connectivity index (χ1n) is 5.92. The fraction of sp³-hybridized carbons (Fsp3) is 0.462. The molecule has 6 heteroatoms. The summed E-state index contributed by atoms with van der Waals surface area (Å²) in [6, 6.07) is 4.88. The molecule has 0 saturated carbocycles. The highest BCUT2D eigenvalue weighted by Crippen LogP contribution is 2.22. The summed E-state index contributed by atoms with van der Waals surface area (Å²) in [5.74, 6) is -0.351. The maximum absolute atomic E-state index is 12.0.